The molecule has 0 fully saturated rings. The van der Waals surface area contributed by atoms with E-state index in [1.165, 1.54) is 4.90 Å². The predicted molar refractivity (Wildman–Crippen MR) is 159 cm³/mol. The number of hydrogen-bond acceptors (Lipinski definition) is 5. The summed E-state index contributed by atoms with van der Waals surface area (Å²) in [5.74, 6) is -0.234. The van der Waals surface area contributed by atoms with Gasteiger partial charge in [-0.25, -0.2) is 8.42 Å². The lowest BCUT2D eigenvalue weighted by molar-refractivity contribution is -0.140. The van der Waals surface area contributed by atoms with Gasteiger partial charge in [-0.3, -0.25) is 13.9 Å². The fraction of sp³-hybridized carbons (Fsp3) is 0.333. The Balaban J connectivity index is 2.06. The molecule has 0 aliphatic heterocycles. The van der Waals surface area contributed by atoms with Crippen LogP contribution in [0, 0.1) is 0 Å². The van der Waals surface area contributed by atoms with Crippen molar-refractivity contribution in [2.75, 3.05) is 24.2 Å². The zero-order valence-corrected chi connectivity index (χ0v) is 24.8. The van der Waals surface area contributed by atoms with Gasteiger partial charge >= 0.3 is 0 Å². The Morgan fingerprint density at radius 2 is 1.62 bits per heavy atom. The number of benzene rings is 3. The average Bonchev–Trinajstić information content (AvgIpc) is 2.94. The fourth-order valence-electron chi connectivity index (χ4n) is 4.18. The molecule has 0 spiro atoms. The summed E-state index contributed by atoms with van der Waals surface area (Å²) in [5, 5.41) is 3.45. The first-order chi connectivity index (χ1) is 19.0. The van der Waals surface area contributed by atoms with Crippen LogP contribution in [0.4, 0.5) is 5.69 Å². The minimum atomic E-state index is -3.85. The van der Waals surface area contributed by atoms with E-state index in [9.17, 15) is 18.0 Å². The zero-order valence-electron chi connectivity index (χ0n) is 23.2. The molecule has 0 unspecified atom stereocenters. The monoisotopic (exact) mass is 585 g/mol. The van der Waals surface area contributed by atoms with Gasteiger partial charge in [-0.1, -0.05) is 61.0 Å². The number of carbonyl (C=O) groups excluding carboxylic acids is 2. The van der Waals surface area contributed by atoms with Crippen molar-refractivity contribution in [2.45, 2.75) is 45.3 Å². The number of nitrogens with zero attached hydrogens (tertiary/aromatic N) is 2. The molecule has 0 aliphatic carbocycles. The van der Waals surface area contributed by atoms with Gasteiger partial charge in [-0.05, 0) is 60.9 Å². The summed E-state index contributed by atoms with van der Waals surface area (Å²) in [4.78, 5) is 29.2. The van der Waals surface area contributed by atoms with Gasteiger partial charge in [0.15, 0.2) is 0 Å². The van der Waals surface area contributed by atoms with E-state index in [2.05, 4.69) is 5.32 Å². The van der Waals surface area contributed by atoms with Crippen LogP contribution in [-0.4, -0.2) is 57.1 Å². The van der Waals surface area contributed by atoms with E-state index in [0.29, 0.717) is 22.9 Å². The van der Waals surface area contributed by atoms with Crippen molar-refractivity contribution in [2.24, 2.45) is 0 Å². The Labute approximate surface area is 241 Å². The molecule has 0 aliphatic rings. The molecule has 0 radical (unpaired) electrons. The minimum Gasteiger partial charge on any atom is -0.497 e. The van der Waals surface area contributed by atoms with Crippen LogP contribution < -0.4 is 14.4 Å². The molecule has 8 nitrogen and oxygen atoms in total. The third-order valence-corrected chi connectivity index (χ3v) is 7.95. The van der Waals surface area contributed by atoms with Crippen molar-refractivity contribution in [3.8, 4) is 5.75 Å². The summed E-state index contributed by atoms with van der Waals surface area (Å²) in [5.41, 5.74) is 1.90. The highest BCUT2D eigenvalue weighted by Gasteiger charge is 2.33. The molecule has 10 heteroatoms. The lowest BCUT2D eigenvalue weighted by Crippen LogP contribution is -2.54. The number of halogens is 1. The molecule has 214 valence electrons. The van der Waals surface area contributed by atoms with E-state index in [-0.39, 0.29) is 24.9 Å². The van der Waals surface area contributed by atoms with Gasteiger partial charge in [0.25, 0.3) is 0 Å². The number of amides is 2. The molecule has 3 aromatic carbocycles. The maximum absolute atomic E-state index is 14.1. The average molecular weight is 586 g/mol. The minimum absolute atomic E-state index is 0.0691. The molecular weight excluding hydrogens is 550 g/mol. The van der Waals surface area contributed by atoms with E-state index in [0.717, 1.165) is 21.7 Å². The van der Waals surface area contributed by atoms with Crippen molar-refractivity contribution >= 4 is 39.1 Å². The van der Waals surface area contributed by atoms with Crippen LogP contribution in [0.3, 0.4) is 0 Å². The van der Waals surface area contributed by atoms with E-state index < -0.39 is 28.5 Å². The van der Waals surface area contributed by atoms with Crippen LogP contribution in [0.15, 0.2) is 78.9 Å². The standard InChI is InChI=1S/C30H36ClN3O5S/c1-5-22(2)32-30(36)28(19-23-10-7-6-8-11-23)33(20-24-12-9-13-27(18-24)39-3)29(35)21-34(40(4,37)38)26-16-14-25(31)15-17-26/h6-18,22,28H,5,19-21H2,1-4H3,(H,32,36)/t22-,28-/m0/s1. The van der Waals surface area contributed by atoms with Gasteiger partial charge < -0.3 is 15.0 Å². The second-order valence-electron chi connectivity index (χ2n) is 9.64. The van der Waals surface area contributed by atoms with E-state index in [1.807, 2.05) is 50.2 Å². The number of sulfonamides is 1. The molecule has 2 atom stereocenters. The highest BCUT2D eigenvalue weighted by atomic mass is 35.5. The van der Waals surface area contributed by atoms with Crippen LogP contribution in [0.1, 0.15) is 31.4 Å². The van der Waals surface area contributed by atoms with Crippen molar-refractivity contribution in [1.82, 2.24) is 10.2 Å². The number of hydrogen-bond donors (Lipinski definition) is 1. The molecule has 0 saturated heterocycles. The number of carbonyl (C=O) groups is 2. The molecule has 1 N–H and O–H groups in total. The van der Waals surface area contributed by atoms with Crippen molar-refractivity contribution < 1.29 is 22.7 Å². The van der Waals surface area contributed by atoms with Crippen molar-refractivity contribution in [3.05, 3.63) is 95.0 Å². The lowest BCUT2D eigenvalue weighted by atomic mass is 10.0. The van der Waals surface area contributed by atoms with Crippen molar-refractivity contribution in [3.63, 3.8) is 0 Å². The topological polar surface area (TPSA) is 96.0 Å². The summed E-state index contributed by atoms with van der Waals surface area (Å²) >= 11 is 6.01. The van der Waals surface area contributed by atoms with E-state index >= 15 is 0 Å². The number of nitrogens with one attached hydrogen (secondary N) is 1. The highest BCUT2D eigenvalue weighted by Crippen LogP contribution is 2.23. The maximum Gasteiger partial charge on any atom is 0.244 e. The van der Waals surface area contributed by atoms with Gasteiger partial charge in [0.05, 0.1) is 19.1 Å². The zero-order chi connectivity index (χ0) is 29.3. The Hall–Kier alpha value is -3.56. The van der Waals surface area contributed by atoms with Crippen LogP contribution in [0.2, 0.25) is 5.02 Å². The summed E-state index contributed by atoms with van der Waals surface area (Å²) in [7, 11) is -2.30. The first-order valence-electron chi connectivity index (χ1n) is 13.0. The summed E-state index contributed by atoms with van der Waals surface area (Å²) in [6, 6.07) is 21.8. The van der Waals surface area contributed by atoms with Crippen LogP contribution in [-0.2, 0) is 32.6 Å². The van der Waals surface area contributed by atoms with E-state index in [1.54, 1.807) is 49.6 Å². The molecule has 3 aromatic rings. The molecule has 0 aromatic heterocycles. The smallest absolute Gasteiger partial charge is 0.244 e. The van der Waals surface area contributed by atoms with Gasteiger partial charge in [0.1, 0.15) is 18.3 Å². The number of rotatable bonds is 13. The van der Waals surface area contributed by atoms with Gasteiger partial charge in [0, 0.05) is 24.0 Å². The van der Waals surface area contributed by atoms with Crippen LogP contribution in [0.25, 0.3) is 0 Å². The third kappa shape index (κ3) is 8.72. The van der Waals surface area contributed by atoms with Gasteiger partial charge in [-0.15, -0.1) is 0 Å². The Morgan fingerprint density at radius 3 is 2.23 bits per heavy atom. The largest absolute Gasteiger partial charge is 0.497 e. The summed E-state index contributed by atoms with van der Waals surface area (Å²) in [6.07, 6.45) is 2.00. The first kappa shape index (κ1) is 31.0. The maximum atomic E-state index is 14.1. The number of anilines is 1. The molecule has 0 saturated carbocycles. The Bertz CT molecular complexity index is 1380. The summed E-state index contributed by atoms with van der Waals surface area (Å²) < 4.78 is 32.0. The molecular formula is C30H36ClN3O5S. The quantitative estimate of drug-likeness (QED) is 0.314. The highest BCUT2D eigenvalue weighted by molar-refractivity contribution is 7.92. The molecule has 3 rings (SSSR count). The predicted octanol–water partition coefficient (Wildman–Crippen LogP) is 4.67. The SMILES string of the molecule is CC[C@H](C)NC(=O)[C@H](Cc1ccccc1)N(Cc1cccc(OC)c1)C(=O)CN(c1ccc(Cl)cc1)S(C)(=O)=O. The van der Waals surface area contributed by atoms with E-state index in [4.69, 9.17) is 16.3 Å². The molecule has 2 amide bonds. The fourth-order valence-corrected chi connectivity index (χ4v) is 5.16. The Morgan fingerprint density at radius 1 is 0.975 bits per heavy atom. The van der Waals surface area contributed by atoms with Crippen LogP contribution in [0.5, 0.6) is 5.75 Å². The van der Waals surface area contributed by atoms with Crippen molar-refractivity contribution in [1.29, 1.82) is 0 Å². The number of methoxy groups -OCH3 is 1. The van der Waals surface area contributed by atoms with Crippen LogP contribution >= 0.6 is 11.6 Å². The van der Waals surface area contributed by atoms with Gasteiger partial charge in [0.2, 0.25) is 21.8 Å². The summed E-state index contributed by atoms with van der Waals surface area (Å²) in [6.45, 7) is 3.44. The second-order valence-corrected chi connectivity index (χ2v) is 12.0. The van der Waals surface area contributed by atoms with Gasteiger partial charge in [-0.2, -0.15) is 0 Å². The molecule has 0 bridgehead atoms. The third-order valence-electron chi connectivity index (χ3n) is 6.55. The molecule has 0 heterocycles. The second kappa shape index (κ2) is 14.2. The first-order valence-corrected chi connectivity index (χ1v) is 15.2. The Kier molecular flexibility index (Phi) is 11.0. The molecule has 40 heavy (non-hydrogen) atoms. The number of ether oxygens (including phenoxy) is 1. The normalized spacial score (nSPS) is 12.7. The lowest BCUT2D eigenvalue weighted by Gasteiger charge is -2.34.